The maximum atomic E-state index is 11.9. The van der Waals surface area contributed by atoms with E-state index in [0.29, 0.717) is 44.5 Å². The second-order valence-electron chi connectivity index (χ2n) is 4.78. The fourth-order valence-corrected chi connectivity index (χ4v) is 2.35. The Morgan fingerprint density at radius 1 is 1.32 bits per heavy atom. The van der Waals surface area contributed by atoms with Crippen LogP contribution in [0.5, 0.6) is 0 Å². The molecule has 2 rings (SSSR count). The molecule has 0 atom stereocenters. The Morgan fingerprint density at radius 2 is 2.00 bits per heavy atom. The topological polar surface area (TPSA) is 105 Å². The zero-order valence-electron chi connectivity index (χ0n) is 10.5. The van der Waals surface area contributed by atoms with Gasteiger partial charge in [0, 0.05) is 18.9 Å². The zero-order valence-corrected chi connectivity index (χ0v) is 10.5. The second kappa shape index (κ2) is 6.31. The lowest BCUT2D eigenvalue weighted by molar-refractivity contribution is -0.144. The minimum absolute atomic E-state index is 0.00710. The standard InChI is InChI=1S/C12H17N3O4/c16-11(13-6-5-10-14-7-19-15-10)8-1-3-9(4-2-8)12(17)18/h7-9H,1-6H2,(H,13,16)(H,17,18). The van der Waals surface area contributed by atoms with Gasteiger partial charge in [-0.05, 0) is 25.7 Å². The van der Waals surface area contributed by atoms with Crippen molar-refractivity contribution in [3.63, 3.8) is 0 Å². The molecule has 1 aliphatic rings. The number of aliphatic carboxylic acids is 1. The van der Waals surface area contributed by atoms with Crippen molar-refractivity contribution in [3.8, 4) is 0 Å². The Bertz CT molecular complexity index is 424. The fourth-order valence-electron chi connectivity index (χ4n) is 2.35. The number of carboxylic acid groups (broad SMARTS) is 1. The predicted octanol–water partition coefficient (Wildman–Crippen LogP) is 0.619. The van der Waals surface area contributed by atoms with Gasteiger partial charge in [-0.2, -0.15) is 4.98 Å². The van der Waals surface area contributed by atoms with Crippen LogP contribution in [0.3, 0.4) is 0 Å². The van der Waals surface area contributed by atoms with E-state index in [0.717, 1.165) is 0 Å². The normalized spacial score (nSPS) is 22.9. The summed E-state index contributed by atoms with van der Waals surface area (Å²) in [6.45, 7) is 0.469. The van der Waals surface area contributed by atoms with Crippen LogP contribution in [0.2, 0.25) is 0 Å². The average molecular weight is 267 g/mol. The minimum Gasteiger partial charge on any atom is -0.481 e. The Kier molecular flexibility index (Phi) is 4.48. The fraction of sp³-hybridized carbons (Fsp3) is 0.667. The van der Waals surface area contributed by atoms with Crippen LogP contribution in [0.15, 0.2) is 10.9 Å². The molecule has 7 heteroatoms. The first kappa shape index (κ1) is 13.5. The number of carbonyl (C=O) groups excluding carboxylic acids is 1. The largest absolute Gasteiger partial charge is 0.481 e. The van der Waals surface area contributed by atoms with Crippen LogP contribution in [0.25, 0.3) is 0 Å². The van der Waals surface area contributed by atoms with E-state index in [1.807, 2.05) is 0 Å². The summed E-state index contributed by atoms with van der Waals surface area (Å²) in [6, 6.07) is 0. The van der Waals surface area contributed by atoms with Crippen molar-refractivity contribution in [2.24, 2.45) is 11.8 Å². The molecule has 0 saturated heterocycles. The smallest absolute Gasteiger partial charge is 0.306 e. The second-order valence-corrected chi connectivity index (χ2v) is 4.78. The van der Waals surface area contributed by atoms with E-state index >= 15 is 0 Å². The lowest BCUT2D eigenvalue weighted by Crippen LogP contribution is -2.35. The molecule has 7 nitrogen and oxygen atoms in total. The third-order valence-corrected chi connectivity index (χ3v) is 3.50. The number of carbonyl (C=O) groups is 2. The third-order valence-electron chi connectivity index (χ3n) is 3.50. The van der Waals surface area contributed by atoms with Gasteiger partial charge in [-0.15, -0.1) is 0 Å². The van der Waals surface area contributed by atoms with Gasteiger partial charge in [0.2, 0.25) is 12.3 Å². The molecule has 0 bridgehead atoms. The first-order chi connectivity index (χ1) is 9.16. The van der Waals surface area contributed by atoms with E-state index < -0.39 is 5.97 Å². The Hall–Kier alpha value is -1.92. The van der Waals surface area contributed by atoms with Crippen molar-refractivity contribution in [1.29, 1.82) is 0 Å². The number of nitrogens with zero attached hydrogens (tertiary/aromatic N) is 2. The molecule has 1 aliphatic carbocycles. The Morgan fingerprint density at radius 3 is 2.58 bits per heavy atom. The van der Waals surface area contributed by atoms with Gasteiger partial charge in [-0.3, -0.25) is 9.59 Å². The number of hydrogen-bond acceptors (Lipinski definition) is 5. The van der Waals surface area contributed by atoms with Crippen LogP contribution < -0.4 is 5.32 Å². The summed E-state index contributed by atoms with van der Waals surface area (Å²) < 4.78 is 4.59. The number of aromatic nitrogens is 2. The molecule has 1 fully saturated rings. The molecule has 1 amide bonds. The number of carboxylic acids is 1. The summed E-state index contributed by atoms with van der Waals surface area (Å²) in [6.07, 6.45) is 4.24. The highest BCUT2D eigenvalue weighted by Crippen LogP contribution is 2.28. The molecule has 1 saturated carbocycles. The van der Waals surface area contributed by atoms with Crippen molar-refractivity contribution in [2.45, 2.75) is 32.1 Å². The van der Waals surface area contributed by atoms with Crippen LogP contribution in [0.1, 0.15) is 31.5 Å². The van der Waals surface area contributed by atoms with Gasteiger partial charge in [0.15, 0.2) is 5.82 Å². The van der Waals surface area contributed by atoms with Crippen molar-refractivity contribution >= 4 is 11.9 Å². The van der Waals surface area contributed by atoms with Gasteiger partial charge in [0.25, 0.3) is 0 Å². The van der Waals surface area contributed by atoms with E-state index in [1.54, 1.807) is 0 Å². The molecule has 104 valence electrons. The van der Waals surface area contributed by atoms with E-state index in [1.165, 1.54) is 6.39 Å². The van der Waals surface area contributed by atoms with Crippen molar-refractivity contribution in [1.82, 2.24) is 15.5 Å². The lowest BCUT2D eigenvalue weighted by atomic mass is 9.81. The van der Waals surface area contributed by atoms with Crippen molar-refractivity contribution < 1.29 is 19.2 Å². The molecule has 19 heavy (non-hydrogen) atoms. The summed E-state index contributed by atoms with van der Waals surface area (Å²) in [4.78, 5) is 26.6. The van der Waals surface area contributed by atoms with Gasteiger partial charge in [-0.1, -0.05) is 5.16 Å². The molecule has 0 aliphatic heterocycles. The van der Waals surface area contributed by atoms with E-state index in [9.17, 15) is 9.59 Å². The highest BCUT2D eigenvalue weighted by Gasteiger charge is 2.29. The highest BCUT2D eigenvalue weighted by atomic mass is 16.5. The third kappa shape index (κ3) is 3.77. The molecule has 0 unspecified atom stereocenters. The molecule has 0 radical (unpaired) electrons. The van der Waals surface area contributed by atoms with E-state index in [4.69, 9.17) is 5.11 Å². The number of hydrogen-bond donors (Lipinski definition) is 2. The van der Waals surface area contributed by atoms with Gasteiger partial charge < -0.3 is 14.9 Å². The summed E-state index contributed by atoms with van der Waals surface area (Å²) in [5, 5.41) is 15.4. The van der Waals surface area contributed by atoms with E-state index in [-0.39, 0.29) is 17.7 Å². The number of amides is 1. The molecule has 1 heterocycles. The van der Waals surface area contributed by atoms with Gasteiger partial charge >= 0.3 is 5.97 Å². The quantitative estimate of drug-likeness (QED) is 0.810. The van der Waals surface area contributed by atoms with Crippen molar-refractivity contribution in [3.05, 3.63) is 12.2 Å². The predicted molar refractivity (Wildman–Crippen MR) is 64.1 cm³/mol. The molecular formula is C12H17N3O4. The van der Waals surface area contributed by atoms with Crippen LogP contribution in [-0.2, 0) is 16.0 Å². The van der Waals surface area contributed by atoms with Gasteiger partial charge in [0.05, 0.1) is 5.92 Å². The maximum absolute atomic E-state index is 11.9. The highest BCUT2D eigenvalue weighted by molar-refractivity contribution is 5.79. The molecule has 0 aromatic carbocycles. The molecule has 0 spiro atoms. The molecule has 1 aromatic rings. The molecular weight excluding hydrogens is 250 g/mol. The molecule has 1 aromatic heterocycles. The maximum Gasteiger partial charge on any atom is 0.306 e. The van der Waals surface area contributed by atoms with Crippen LogP contribution in [-0.4, -0.2) is 33.7 Å². The van der Waals surface area contributed by atoms with Crippen LogP contribution >= 0.6 is 0 Å². The van der Waals surface area contributed by atoms with E-state index in [2.05, 4.69) is 20.0 Å². The summed E-state index contributed by atoms with van der Waals surface area (Å²) in [5.74, 6) is -0.553. The summed E-state index contributed by atoms with van der Waals surface area (Å²) >= 11 is 0. The molecule has 2 N–H and O–H groups in total. The van der Waals surface area contributed by atoms with Crippen molar-refractivity contribution in [2.75, 3.05) is 6.54 Å². The monoisotopic (exact) mass is 267 g/mol. The Labute approximate surface area is 110 Å². The minimum atomic E-state index is -0.754. The first-order valence-electron chi connectivity index (χ1n) is 6.42. The first-order valence-corrected chi connectivity index (χ1v) is 6.42. The summed E-state index contributed by atoms with van der Waals surface area (Å²) in [5.41, 5.74) is 0. The van der Waals surface area contributed by atoms with Crippen LogP contribution in [0, 0.1) is 11.8 Å². The van der Waals surface area contributed by atoms with Gasteiger partial charge in [-0.25, -0.2) is 0 Å². The number of rotatable bonds is 5. The summed E-state index contributed by atoms with van der Waals surface area (Å²) in [7, 11) is 0. The lowest BCUT2D eigenvalue weighted by Gasteiger charge is -2.25. The van der Waals surface area contributed by atoms with Crippen LogP contribution in [0.4, 0.5) is 0 Å². The average Bonchev–Trinajstić information content (AvgIpc) is 2.92. The zero-order chi connectivity index (χ0) is 13.7. The Balaban J connectivity index is 1.68. The number of nitrogens with one attached hydrogen (secondary N) is 1. The van der Waals surface area contributed by atoms with Gasteiger partial charge in [0.1, 0.15) is 0 Å². The SMILES string of the molecule is O=C(O)C1CCC(C(=O)NCCc2ncon2)CC1.